The number of hydrogen-bond donors (Lipinski definition) is 2. The Hall–Kier alpha value is -1.05. The first-order chi connectivity index (χ1) is 7.63. The molecule has 2 unspecified atom stereocenters. The highest BCUT2D eigenvalue weighted by Crippen LogP contribution is 2.18. The van der Waals surface area contributed by atoms with Crippen LogP contribution in [0.4, 0.5) is 0 Å². The molecule has 0 radical (unpaired) electrons. The maximum Gasteiger partial charge on any atom is 0.267 e. The summed E-state index contributed by atoms with van der Waals surface area (Å²) in [6, 6.07) is 0. The van der Waals surface area contributed by atoms with Crippen molar-refractivity contribution in [3.63, 3.8) is 0 Å². The van der Waals surface area contributed by atoms with E-state index < -0.39 is 12.2 Å². The predicted molar refractivity (Wildman–Crippen MR) is 57.2 cm³/mol. The summed E-state index contributed by atoms with van der Waals surface area (Å²) in [5.74, 6) is -0.206. The van der Waals surface area contributed by atoms with Crippen LogP contribution in [0, 0.1) is 0 Å². The molecule has 16 heavy (non-hydrogen) atoms. The smallest absolute Gasteiger partial charge is 0.267 e. The maximum atomic E-state index is 12.0. The molecule has 0 aliphatic carbocycles. The fraction of sp³-hybridized carbons (Fsp3) is 0.667. The number of β-amino-alcohol motifs (C(OH)–C–C–N with tert-alkyl or cyclic N) is 2. The van der Waals surface area contributed by atoms with Gasteiger partial charge in [0.1, 0.15) is 4.88 Å². The first-order valence-electron chi connectivity index (χ1n) is 5.10. The van der Waals surface area contributed by atoms with E-state index >= 15 is 0 Å². The van der Waals surface area contributed by atoms with Gasteiger partial charge in [-0.2, -0.15) is 0 Å². The molecule has 88 valence electrons. The Bertz CT molecular complexity index is 385. The normalized spacial score (nSPS) is 25.1. The molecule has 1 aliphatic rings. The third-order valence-corrected chi connectivity index (χ3v) is 3.39. The van der Waals surface area contributed by atoms with E-state index in [0.29, 0.717) is 17.0 Å². The lowest BCUT2D eigenvalue weighted by molar-refractivity contribution is 0.0572. The average Bonchev–Trinajstić information content (AvgIpc) is 2.85. The van der Waals surface area contributed by atoms with E-state index in [-0.39, 0.29) is 19.0 Å². The predicted octanol–water partition coefficient (Wildman–Crippen LogP) is -0.722. The van der Waals surface area contributed by atoms with Crippen molar-refractivity contribution in [2.75, 3.05) is 13.1 Å². The molecule has 2 heterocycles. The molecule has 1 aliphatic heterocycles. The monoisotopic (exact) mass is 243 g/mol. The van der Waals surface area contributed by atoms with Crippen molar-refractivity contribution in [1.29, 1.82) is 0 Å². The molecule has 1 aromatic rings. The van der Waals surface area contributed by atoms with Crippen molar-refractivity contribution >= 4 is 17.4 Å². The molecule has 1 fully saturated rings. The van der Waals surface area contributed by atoms with Gasteiger partial charge in [-0.3, -0.25) is 4.79 Å². The van der Waals surface area contributed by atoms with E-state index in [1.807, 2.05) is 6.92 Å². The first-order valence-corrected chi connectivity index (χ1v) is 5.87. The molecular weight excluding hydrogens is 230 g/mol. The Balaban J connectivity index is 2.14. The number of carbonyl (C=O) groups excluding carboxylic acids is 1. The number of aliphatic hydroxyl groups excluding tert-OH is 2. The molecule has 7 heteroatoms. The van der Waals surface area contributed by atoms with Crippen molar-refractivity contribution in [3.05, 3.63) is 10.6 Å². The van der Waals surface area contributed by atoms with Gasteiger partial charge < -0.3 is 15.1 Å². The summed E-state index contributed by atoms with van der Waals surface area (Å²) >= 11 is 1.06. The third kappa shape index (κ3) is 1.93. The van der Waals surface area contributed by atoms with Crippen molar-refractivity contribution < 1.29 is 15.0 Å². The van der Waals surface area contributed by atoms with Crippen LogP contribution in [0.2, 0.25) is 0 Å². The molecular formula is C9H13N3O3S. The Morgan fingerprint density at radius 2 is 2.12 bits per heavy atom. The average molecular weight is 243 g/mol. The highest BCUT2D eigenvalue weighted by atomic mass is 32.1. The Kier molecular flexibility index (Phi) is 3.17. The van der Waals surface area contributed by atoms with Gasteiger partial charge in [0, 0.05) is 13.1 Å². The summed E-state index contributed by atoms with van der Waals surface area (Å²) in [7, 11) is 0. The van der Waals surface area contributed by atoms with E-state index in [1.165, 1.54) is 4.90 Å². The number of aryl methyl sites for hydroxylation is 1. The summed E-state index contributed by atoms with van der Waals surface area (Å²) in [6.45, 7) is 2.24. The number of rotatable bonds is 2. The summed E-state index contributed by atoms with van der Waals surface area (Å²) in [5, 5.41) is 22.6. The molecule has 1 saturated heterocycles. The van der Waals surface area contributed by atoms with Crippen LogP contribution in [0.1, 0.15) is 22.3 Å². The third-order valence-electron chi connectivity index (χ3n) is 2.63. The fourth-order valence-corrected chi connectivity index (χ4v) is 2.40. The number of aliphatic hydroxyl groups is 2. The van der Waals surface area contributed by atoms with Crippen LogP contribution < -0.4 is 0 Å². The minimum Gasteiger partial charge on any atom is -0.388 e. The maximum absolute atomic E-state index is 12.0. The summed E-state index contributed by atoms with van der Waals surface area (Å²) < 4.78 is 3.74. The largest absolute Gasteiger partial charge is 0.388 e. The van der Waals surface area contributed by atoms with Crippen molar-refractivity contribution in [2.45, 2.75) is 25.6 Å². The summed E-state index contributed by atoms with van der Waals surface area (Å²) in [4.78, 5) is 14.0. The van der Waals surface area contributed by atoms with E-state index in [4.69, 9.17) is 0 Å². The number of hydrogen-bond acceptors (Lipinski definition) is 6. The lowest BCUT2D eigenvalue weighted by Crippen LogP contribution is -2.29. The van der Waals surface area contributed by atoms with Gasteiger partial charge in [-0.15, -0.1) is 5.10 Å². The molecule has 1 amide bonds. The van der Waals surface area contributed by atoms with Crippen LogP contribution >= 0.6 is 11.5 Å². The molecule has 0 aromatic carbocycles. The molecule has 6 nitrogen and oxygen atoms in total. The van der Waals surface area contributed by atoms with E-state index in [2.05, 4.69) is 9.59 Å². The van der Waals surface area contributed by atoms with Gasteiger partial charge in [0.15, 0.2) is 0 Å². The van der Waals surface area contributed by atoms with Crippen LogP contribution in [-0.2, 0) is 6.42 Å². The van der Waals surface area contributed by atoms with Gasteiger partial charge in [0.2, 0.25) is 0 Å². The number of nitrogens with zero attached hydrogens (tertiary/aromatic N) is 3. The van der Waals surface area contributed by atoms with E-state index in [0.717, 1.165) is 11.5 Å². The zero-order chi connectivity index (χ0) is 11.7. The zero-order valence-electron chi connectivity index (χ0n) is 8.83. The minimum absolute atomic E-state index is 0.168. The van der Waals surface area contributed by atoms with Crippen LogP contribution in [0.15, 0.2) is 0 Å². The van der Waals surface area contributed by atoms with Crippen molar-refractivity contribution in [2.24, 2.45) is 0 Å². The summed E-state index contributed by atoms with van der Waals surface area (Å²) in [6.07, 6.45) is -1.05. The SMILES string of the molecule is CCc1nnsc1C(=O)N1CC(O)C(O)C1. The second-order valence-electron chi connectivity index (χ2n) is 3.75. The molecule has 0 bridgehead atoms. The second-order valence-corrected chi connectivity index (χ2v) is 4.50. The first kappa shape index (κ1) is 11.4. The van der Waals surface area contributed by atoms with Gasteiger partial charge in [-0.25, -0.2) is 0 Å². The number of amides is 1. The Morgan fingerprint density at radius 1 is 1.50 bits per heavy atom. The molecule has 2 rings (SSSR count). The molecule has 2 atom stereocenters. The molecule has 0 saturated carbocycles. The van der Waals surface area contributed by atoms with Crippen molar-refractivity contribution in [3.8, 4) is 0 Å². The van der Waals surface area contributed by atoms with Crippen LogP contribution in [0.3, 0.4) is 0 Å². The molecule has 1 aromatic heterocycles. The van der Waals surface area contributed by atoms with Gasteiger partial charge >= 0.3 is 0 Å². The van der Waals surface area contributed by atoms with Crippen LogP contribution in [-0.4, -0.2) is 55.9 Å². The highest BCUT2D eigenvalue weighted by molar-refractivity contribution is 7.08. The van der Waals surface area contributed by atoms with E-state index in [9.17, 15) is 15.0 Å². The Morgan fingerprint density at radius 3 is 2.69 bits per heavy atom. The highest BCUT2D eigenvalue weighted by Gasteiger charge is 2.34. The topological polar surface area (TPSA) is 86.6 Å². The van der Waals surface area contributed by atoms with Crippen LogP contribution in [0.25, 0.3) is 0 Å². The number of carbonyl (C=O) groups is 1. The van der Waals surface area contributed by atoms with Crippen LogP contribution in [0.5, 0.6) is 0 Å². The second kappa shape index (κ2) is 4.44. The van der Waals surface area contributed by atoms with Gasteiger partial charge in [0.25, 0.3) is 5.91 Å². The minimum atomic E-state index is -0.852. The number of likely N-dealkylation sites (tertiary alicyclic amines) is 1. The Labute approximate surface area is 96.7 Å². The number of aromatic nitrogens is 2. The summed E-state index contributed by atoms with van der Waals surface area (Å²) in [5.41, 5.74) is 0.672. The molecule has 2 N–H and O–H groups in total. The standard InChI is InChI=1S/C9H13N3O3S/c1-2-5-8(16-11-10-5)9(15)12-3-6(13)7(14)4-12/h6-7,13-14H,2-4H2,1H3. The zero-order valence-corrected chi connectivity index (χ0v) is 9.65. The molecule has 0 spiro atoms. The quantitative estimate of drug-likeness (QED) is 0.715. The van der Waals surface area contributed by atoms with E-state index in [1.54, 1.807) is 0 Å². The lowest BCUT2D eigenvalue weighted by Gasteiger charge is -2.13. The van der Waals surface area contributed by atoms with Gasteiger partial charge in [-0.1, -0.05) is 11.4 Å². The van der Waals surface area contributed by atoms with Gasteiger partial charge in [-0.05, 0) is 18.0 Å². The van der Waals surface area contributed by atoms with Gasteiger partial charge in [0.05, 0.1) is 17.9 Å². The lowest BCUT2D eigenvalue weighted by atomic mass is 10.3. The van der Waals surface area contributed by atoms with Crippen molar-refractivity contribution in [1.82, 2.24) is 14.5 Å². The fourth-order valence-electron chi connectivity index (χ4n) is 1.68.